The molecule has 0 aliphatic carbocycles. The van der Waals surface area contributed by atoms with E-state index in [0.29, 0.717) is 18.6 Å². The van der Waals surface area contributed by atoms with Crippen LogP contribution in [0.4, 0.5) is 0 Å². The van der Waals surface area contributed by atoms with E-state index in [9.17, 15) is 9.90 Å². The molecule has 0 rings (SSSR count). The van der Waals surface area contributed by atoms with Crippen molar-refractivity contribution in [2.24, 2.45) is 0 Å². The van der Waals surface area contributed by atoms with Gasteiger partial charge >= 0.3 is 5.97 Å². The Balaban J connectivity index is 3.58. The van der Waals surface area contributed by atoms with E-state index >= 15 is 0 Å². The molecule has 0 aliphatic heterocycles. The molecule has 0 unspecified atom stereocenters. The third kappa shape index (κ3) is 20.7. The molecule has 0 bridgehead atoms. The maximum Gasteiger partial charge on any atom is 0.337 e. The minimum absolute atomic E-state index is 0.216. The van der Waals surface area contributed by atoms with Crippen molar-refractivity contribution < 1.29 is 14.6 Å². The van der Waals surface area contributed by atoms with Crippen LogP contribution in [0.3, 0.4) is 0 Å². The minimum atomic E-state index is -0.348. The van der Waals surface area contributed by atoms with Crippen molar-refractivity contribution in [3.05, 3.63) is 11.3 Å². The number of aliphatic hydroxyl groups is 1. The van der Waals surface area contributed by atoms with Gasteiger partial charge in [-0.15, -0.1) is 0 Å². The molecular weight excluding hydrogens is 384 g/mol. The van der Waals surface area contributed by atoms with Gasteiger partial charge in [-0.1, -0.05) is 129 Å². The second-order valence-electron chi connectivity index (χ2n) is 9.32. The van der Waals surface area contributed by atoms with Gasteiger partial charge in [0.1, 0.15) is 5.76 Å². The molecule has 0 aromatic rings. The zero-order valence-electron chi connectivity index (χ0n) is 21.3. The Morgan fingerprint density at radius 1 is 0.581 bits per heavy atom. The molecule has 184 valence electrons. The molecule has 0 saturated heterocycles. The molecule has 3 nitrogen and oxygen atoms in total. The summed E-state index contributed by atoms with van der Waals surface area (Å²) in [4.78, 5) is 12.1. The normalized spacial score (nSPS) is 12.1. The fourth-order valence-corrected chi connectivity index (χ4v) is 3.95. The van der Waals surface area contributed by atoms with Crippen molar-refractivity contribution in [3.8, 4) is 0 Å². The van der Waals surface area contributed by atoms with Crippen molar-refractivity contribution in [3.63, 3.8) is 0 Å². The summed E-state index contributed by atoms with van der Waals surface area (Å²) in [7, 11) is 0. The molecule has 0 aromatic heterocycles. The molecule has 0 amide bonds. The highest BCUT2D eigenvalue weighted by Gasteiger charge is 2.11. The monoisotopic (exact) mass is 438 g/mol. The predicted octanol–water partition coefficient (Wildman–Crippen LogP) is 9.59. The zero-order valence-corrected chi connectivity index (χ0v) is 21.3. The molecule has 3 heteroatoms. The van der Waals surface area contributed by atoms with Gasteiger partial charge in [-0.25, -0.2) is 4.79 Å². The fourth-order valence-electron chi connectivity index (χ4n) is 3.95. The number of carbonyl (C=O) groups is 1. The average molecular weight is 439 g/mol. The van der Waals surface area contributed by atoms with Gasteiger partial charge in [0, 0.05) is 6.42 Å². The van der Waals surface area contributed by atoms with Crippen molar-refractivity contribution in [1.82, 2.24) is 0 Å². The number of unbranched alkanes of at least 4 members (excludes halogenated alkanes) is 18. The minimum Gasteiger partial charge on any atom is -0.512 e. The molecular formula is C28H54O3. The molecule has 31 heavy (non-hydrogen) atoms. The van der Waals surface area contributed by atoms with Crippen molar-refractivity contribution in [2.75, 3.05) is 6.61 Å². The standard InChI is InChI=1S/C28H54O3/c1-4-6-8-10-12-14-15-16-17-18-20-22-24-27(29)26(3)28(30)31-25-23-21-19-13-11-9-7-5-2/h29H,4-25H2,1-3H3. The summed E-state index contributed by atoms with van der Waals surface area (Å²) in [5.41, 5.74) is 0.391. The summed E-state index contributed by atoms with van der Waals surface area (Å²) < 4.78 is 5.33. The maximum absolute atomic E-state index is 12.1. The van der Waals surface area contributed by atoms with Crippen LogP contribution in [0.25, 0.3) is 0 Å². The number of aliphatic hydroxyl groups excluding tert-OH is 1. The summed E-state index contributed by atoms with van der Waals surface area (Å²) in [6, 6.07) is 0. The molecule has 0 spiro atoms. The molecule has 0 atom stereocenters. The Morgan fingerprint density at radius 2 is 0.935 bits per heavy atom. The van der Waals surface area contributed by atoms with Crippen LogP contribution in [-0.4, -0.2) is 17.7 Å². The SMILES string of the molecule is CCCCCCCCCCCCCCC(O)=C(C)C(=O)OCCCCCCCCCC. The first-order valence-electron chi connectivity index (χ1n) is 13.7. The Kier molecular flexibility index (Phi) is 22.9. The topological polar surface area (TPSA) is 46.5 Å². The number of carbonyl (C=O) groups excluding carboxylic acids is 1. The number of allylic oxidation sites excluding steroid dienone is 1. The van der Waals surface area contributed by atoms with E-state index in [-0.39, 0.29) is 11.7 Å². The highest BCUT2D eigenvalue weighted by atomic mass is 16.5. The highest BCUT2D eigenvalue weighted by Crippen LogP contribution is 2.16. The van der Waals surface area contributed by atoms with Gasteiger partial charge in [0.2, 0.25) is 0 Å². The first kappa shape index (κ1) is 30.0. The largest absolute Gasteiger partial charge is 0.512 e. The summed E-state index contributed by atoms with van der Waals surface area (Å²) >= 11 is 0. The van der Waals surface area contributed by atoms with Gasteiger partial charge in [-0.2, -0.15) is 0 Å². The smallest absolute Gasteiger partial charge is 0.337 e. The maximum atomic E-state index is 12.1. The van der Waals surface area contributed by atoms with E-state index in [4.69, 9.17) is 4.74 Å². The van der Waals surface area contributed by atoms with E-state index in [1.54, 1.807) is 6.92 Å². The molecule has 0 aromatic carbocycles. The molecule has 0 fully saturated rings. The predicted molar refractivity (Wildman–Crippen MR) is 135 cm³/mol. The Labute approximate surface area is 194 Å². The second-order valence-corrected chi connectivity index (χ2v) is 9.32. The van der Waals surface area contributed by atoms with Crippen LogP contribution in [0.5, 0.6) is 0 Å². The Morgan fingerprint density at radius 3 is 1.35 bits per heavy atom. The van der Waals surface area contributed by atoms with Crippen molar-refractivity contribution in [1.29, 1.82) is 0 Å². The van der Waals surface area contributed by atoms with Crippen LogP contribution in [0.15, 0.2) is 11.3 Å². The first-order chi connectivity index (χ1) is 15.1. The fraction of sp³-hybridized carbons (Fsp3) is 0.893. The number of hydrogen-bond donors (Lipinski definition) is 1. The molecule has 0 aliphatic rings. The summed E-state index contributed by atoms with van der Waals surface area (Å²) in [6.45, 7) is 6.66. The van der Waals surface area contributed by atoms with Crippen LogP contribution in [0.2, 0.25) is 0 Å². The summed E-state index contributed by atoms with van der Waals surface area (Å²) in [5, 5.41) is 10.2. The van der Waals surface area contributed by atoms with Gasteiger partial charge in [0.05, 0.1) is 12.2 Å². The van der Waals surface area contributed by atoms with Gasteiger partial charge < -0.3 is 9.84 Å². The third-order valence-corrected chi connectivity index (χ3v) is 6.24. The van der Waals surface area contributed by atoms with Crippen LogP contribution in [0, 0.1) is 0 Å². The Bertz CT molecular complexity index is 428. The van der Waals surface area contributed by atoms with E-state index in [2.05, 4.69) is 13.8 Å². The van der Waals surface area contributed by atoms with E-state index in [1.807, 2.05) is 0 Å². The molecule has 1 N–H and O–H groups in total. The van der Waals surface area contributed by atoms with E-state index in [1.165, 1.54) is 103 Å². The lowest BCUT2D eigenvalue weighted by Crippen LogP contribution is -2.09. The summed E-state index contributed by atoms with van der Waals surface area (Å²) in [5.74, 6) is -0.132. The van der Waals surface area contributed by atoms with Crippen LogP contribution in [-0.2, 0) is 9.53 Å². The highest BCUT2D eigenvalue weighted by molar-refractivity contribution is 5.88. The molecule has 0 heterocycles. The van der Waals surface area contributed by atoms with Crippen molar-refractivity contribution in [2.45, 2.75) is 156 Å². The third-order valence-electron chi connectivity index (χ3n) is 6.24. The van der Waals surface area contributed by atoms with Gasteiger partial charge in [-0.05, 0) is 19.8 Å². The van der Waals surface area contributed by atoms with E-state index < -0.39 is 0 Å². The van der Waals surface area contributed by atoms with Crippen LogP contribution < -0.4 is 0 Å². The van der Waals surface area contributed by atoms with Crippen LogP contribution in [0.1, 0.15) is 156 Å². The van der Waals surface area contributed by atoms with Crippen molar-refractivity contribution >= 4 is 5.97 Å². The number of esters is 1. The van der Waals surface area contributed by atoms with Crippen LogP contribution >= 0.6 is 0 Å². The lowest BCUT2D eigenvalue weighted by atomic mass is 10.0. The number of rotatable bonds is 23. The second kappa shape index (κ2) is 23.7. The molecule has 0 saturated carbocycles. The van der Waals surface area contributed by atoms with E-state index in [0.717, 1.165) is 25.7 Å². The van der Waals surface area contributed by atoms with Gasteiger partial charge in [0.15, 0.2) is 0 Å². The summed E-state index contributed by atoms with van der Waals surface area (Å²) in [6.07, 6.45) is 26.0. The molecule has 0 radical (unpaired) electrons. The first-order valence-corrected chi connectivity index (χ1v) is 13.7. The quantitative estimate of drug-likeness (QED) is 0.0747. The van der Waals surface area contributed by atoms with Gasteiger partial charge in [0.25, 0.3) is 0 Å². The average Bonchev–Trinajstić information content (AvgIpc) is 2.77. The lowest BCUT2D eigenvalue weighted by molar-refractivity contribution is -0.139. The number of ether oxygens (including phenoxy) is 1. The Hall–Kier alpha value is -0.990. The van der Waals surface area contributed by atoms with Gasteiger partial charge in [-0.3, -0.25) is 0 Å². The lowest BCUT2D eigenvalue weighted by Gasteiger charge is -2.08. The number of hydrogen-bond acceptors (Lipinski definition) is 3. The zero-order chi connectivity index (χ0) is 23.0.